The van der Waals surface area contributed by atoms with Crippen molar-refractivity contribution in [2.75, 3.05) is 6.54 Å². The Hall–Kier alpha value is -2.12. The number of aromatic hydroxyl groups is 1. The summed E-state index contributed by atoms with van der Waals surface area (Å²) in [6.45, 7) is 9.44. The van der Waals surface area contributed by atoms with Crippen molar-refractivity contribution in [1.82, 2.24) is 5.32 Å². The molecule has 0 bridgehead atoms. The molecule has 2 N–H and O–H groups in total. The Morgan fingerprint density at radius 2 is 1.80 bits per heavy atom. The van der Waals surface area contributed by atoms with Crippen LogP contribution in [0.1, 0.15) is 50.5 Å². The van der Waals surface area contributed by atoms with E-state index in [0.29, 0.717) is 22.9 Å². The van der Waals surface area contributed by atoms with E-state index in [0.717, 1.165) is 0 Å². The van der Waals surface area contributed by atoms with Crippen molar-refractivity contribution in [3.05, 3.63) is 34.8 Å². The van der Waals surface area contributed by atoms with Crippen molar-refractivity contribution in [3.8, 4) is 5.75 Å². The first-order chi connectivity index (χ1) is 11.6. The maximum atomic E-state index is 11.3. The zero-order chi connectivity index (χ0) is 18.8. The minimum Gasteiger partial charge on any atom is -0.508 e. The molecule has 1 aliphatic heterocycles. The molecule has 0 unspecified atom stereocenters. The lowest BCUT2D eigenvalue weighted by Crippen LogP contribution is -2.41. The van der Waals surface area contributed by atoms with Crippen LogP contribution in [0.5, 0.6) is 5.75 Å². The van der Waals surface area contributed by atoms with Gasteiger partial charge in [0.05, 0.1) is 11.2 Å². The highest BCUT2D eigenvalue weighted by molar-refractivity contribution is 6.56. The molecule has 0 spiro atoms. The molecule has 25 heavy (non-hydrogen) atoms. The summed E-state index contributed by atoms with van der Waals surface area (Å²) < 4.78 is 12.1. The van der Waals surface area contributed by atoms with Crippen LogP contribution >= 0.6 is 0 Å². The number of benzene rings is 1. The average Bonchev–Trinajstić information content (AvgIpc) is 2.72. The molecule has 1 fully saturated rings. The van der Waals surface area contributed by atoms with Crippen LogP contribution < -0.4 is 5.32 Å². The molecular formula is C18H24BNO5. The largest absolute Gasteiger partial charge is 0.508 e. The predicted octanol–water partition coefficient (Wildman–Crippen LogP) is 2.36. The molecule has 1 aromatic carbocycles. The van der Waals surface area contributed by atoms with E-state index in [9.17, 15) is 14.7 Å². The normalized spacial score (nSPS) is 18.9. The third kappa shape index (κ3) is 4.30. The highest BCUT2D eigenvalue weighted by Crippen LogP contribution is 2.38. The van der Waals surface area contributed by atoms with Gasteiger partial charge in [0.2, 0.25) is 5.91 Å². The minimum absolute atomic E-state index is 0.0123. The Labute approximate surface area is 148 Å². The van der Waals surface area contributed by atoms with Gasteiger partial charge in [0.15, 0.2) is 6.29 Å². The fourth-order valence-electron chi connectivity index (χ4n) is 2.42. The summed E-state index contributed by atoms with van der Waals surface area (Å²) in [7, 11) is -0.648. The van der Waals surface area contributed by atoms with Gasteiger partial charge in [-0.1, -0.05) is 12.1 Å². The van der Waals surface area contributed by atoms with Gasteiger partial charge in [-0.3, -0.25) is 9.59 Å². The molecule has 0 atom stereocenters. The van der Waals surface area contributed by atoms with E-state index in [2.05, 4.69) is 5.32 Å². The lowest BCUT2D eigenvalue weighted by Gasteiger charge is -2.32. The number of aldehydes is 1. The summed E-state index contributed by atoms with van der Waals surface area (Å²) in [6, 6.07) is 4.52. The van der Waals surface area contributed by atoms with Crippen molar-refractivity contribution < 1.29 is 24.0 Å². The Morgan fingerprint density at radius 1 is 1.20 bits per heavy atom. The van der Waals surface area contributed by atoms with Crippen LogP contribution in [0.2, 0.25) is 0 Å². The van der Waals surface area contributed by atoms with Gasteiger partial charge in [0.25, 0.3) is 0 Å². The second kappa shape index (κ2) is 7.02. The number of rotatable bonds is 5. The standard InChI is InChI=1S/C18H24BNO5/c1-12(22)20-10-15(19-24-17(2,3)18(4,5)25-19)8-13-6-7-16(23)9-14(13)11-21/h6-9,11,23H,10H2,1-5H3,(H,20,22). The van der Waals surface area contributed by atoms with Gasteiger partial charge in [-0.15, -0.1) is 0 Å². The fourth-order valence-corrected chi connectivity index (χ4v) is 2.42. The number of phenols is 1. The first kappa shape index (κ1) is 19.2. The van der Waals surface area contributed by atoms with Gasteiger partial charge < -0.3 is 19.7 Å². The topological polar surface area (TPSA) is 84.9 Å². The second-order valence-electron chi connectivity index (χ2n) is 7.15. The first-order valence-corrected chi connectivity index (χ1v) is 8.14. The molecule has 0 saturated carbocycles. The van der Waals surface area contributed by atoms with Crippen LogP contribution in [-0.4, -0.2) is 42.2 Å². The molecule has 1 aliphatic rings. The Morgan fingerprint density at radius 3 is 2.32 bits per heavy atom. The van der Waals surface area contributed by atoms with Crippen molar-refractivity contribution in [1.29, 1.82) is 0 Å². The molecule has 0 aromatic heterocycles. The van der Waals surface area contributed by atoms with E-state index in [-0.39, 0.29) is 18.2 Å². The van der Waals surface area contributed by atoms with Crippen molar-refractivity contribution in [2.24, 2.45) is 0 Å². The van der Waals surface area contributed by atoms with Crippen LogP contribution in [0, 0.1) is 0 Å². The second-order valence-corrected chi connectivity index (χ2v) is 7.15. The van der Waals surface area contributed by atoms with Crippen molar-refractivity contribution >= 4 is 25.4 Å². The molecule has 1 aromatic rings. The number of carbonyl (C=O) groups is 2. The molecule has 1 amide bonds. The van der Waals surface area contributed by atoms with E-state index in [4.69, 9.17) is 9.31 Å². The maximum absolute atomic E-state index is 11.3. The zero-order valence-electron chi connectivity index (χ0n) is 15.3. The van der Waals surface area contributed by atoms with E-state index < -0.39 is 18.3 Å². The third-order valence-electron chi connectivity index (χ3n) is 4.64. The summed E-state index contributed by atoms with van der Waals surface area (Å²) in [5.74, 6) is -0.165. The summed E-state index contributed by atoms with van der Waals surface area (Å²) in [5, 5.41) is 12.3. The highest BCUT2D eigenvalue weighted by atomic mass is 16.7. The molecule has 0 radical (unpaired) electrons. The van der Waals surface area contributed by atoms with Gasteiger partial charge in [0, 0.05) is 19.0 Å². The zero-order valence-corrected chi connectivity index (χ0v) is 15.3. The maximum Gasteiger partial charge on any atom is 0.492 e. The SMILES string of the molecule is CC(=O)NCC(=Cc1ccc(O)cc1C=O)B1OC(C)(C)C(C)(C)O1. The van der Waals surface area contributed by atoms with Gasteiger partial charge in [-0.25, -0.2) is 0 Å². The van der Waals surface area contributed by atoms with E-state index >= 15 is 0 Å². The molecule has 2 rings (SSSR count). The van der Waals surface area contributed by atoms with Gasteiger partial charge in [-0.05, 0) is 50.9 Å². The predicted molar refractivity (Wildman–Crippen MR) is 96.2 cm³/mol. The van der Waals surface area contributed by atoms with Crippen molar-refractivity contribution in [3.63, 3.8) is 0 Å². The molecule has 6 nitrogen and oxygen atoms in total. The lowest BCUT2D eigenvalue weighted by molar-refractivity contribution is -0.118. The van der Waals surface area contributed by atoms with Crippen LogP contribution in [-0.2, 0) is 14.1 Å². The number of hydrogen-bond donors (Lipinski definition) is 2. The number of hydrogen-bond acceptors (Lipinski definition) is 5. The number of carbonyl (C=O) groups excluding carboxylic acids is 2. The highest BCUT2D eigenvalue weighted by Gasteiger charge is 2.52. The molecule has 134 valence electrons. The van der Waals surface area contributed by atoms with Crippen LogP contribution in [0.15, 0.2) is 23.7 Å². The Balaban J connectivity index is 2.40. The minimum atomic E-state index is -0.648. The van der Waals surface area contributed by atoms with Crippen LogP contribution in [0.4, 0.5) is 0 Å². The molecule has 1 heterocycles. The van der Waals surface area contributed by atoms with Gasteiger partial charge >= 0.3 is 7.12 Å². The number of amides is 1. The quantitative estimate of drug-likeness (QED) is 0.632. The fraction of sp³-hybridized carbons (Fsp3) is 0.444. The summed E-state index contributed by atoms with van der Waals surface area (Å²) in [6.07, 6.45) is 2.42. The molecule has 0 aliphatic carbocycles. The van der Waals surface area contributed by atoms with Crippen LogP contribution in [0.25, 0.3) is 6.08 Å². The average molecular weight is 345 g/mol. The first-order valence-electron chi connectivity index (χ1n) is 8.14. The van der Waals surface area contributed by atoms with E-state index in [1.54, 1.807) is 12.1 Å². The Bertz CT molecular complexity index is 695. The molecule has 7 heteroatoms. The number of phenolic OH excluding ortho intramolecular Hbond substituents is 1. The number of nitrogens with one attached hydrogen (secondary N) is 1. The molecule has 1 saturated heterocycles. The van der Waals surface area contributed by atoms with Crippen molar-refractivity contribution in [2.45, 2.75) is 45.8 Å². The summed E-state index contributed by atoms with van der Waals surface area (Å²) in [5.41, 5.74) is 0.604. The summed E-state index contributed by atoms with van der Waals surface area (Å²) in [4.78, 5) is 22.6. The monoisotopic (exact) mass is 345 g/mol. The van der Waals surface area contributed by atoms with Crippen LogP contribution in [0.3, 0.4) is 0 Å². The smallest absolute Gasteiger partial charge is 0.492 e. The lowest BCUT2D eigenvalue weighted by atomic mass is 9.76. The summed E-state index contributed by atoms with van der Waals surface area (Å²) >= 11 is 0. The molecular weight excluding hydrogens is 321 g/mol. The van der Waals surface area contributed by atoms with Gasteiger partial charge in [-0.2, -0.15) is 0 Å². The van der Waals surface area contributed by atoms with E-state index in [1.165, 1.54) is 19.1 Å². The van der Waals surface area contributed by atoms with E-state index in [1.807, 2.05) is 27.7 Å². The van der Waals surface area contributed by atoms with Gasteiger partial charge in [0.1, 0.15) is 5.75 Å². The third-order valence-corrected chi connectivity index (χ3v) is 4.64. The Kier molecular flexibility index (Phi) is 5.39.